The van der Waals surface area contributed by atoms with E-state index in [1.807, 2.05) is 0 Å². The van der Waals surface area contributed by atoms with Crippen molar-refractivity contribution < 1.29 is 9.53 Å². The van der Waals surface area contributed by atoms with Gasteiger partial charge in [0.1, 0.15) is 6.07 Å². The zero-order chi connectivity index (χ0) is 23.8. The van der Waals surface area contributed by atoms with Crippen LogP contribution in [0.3, 0.4) is 0 Å². The number of rotatable bonds is 3. The third-order valence-corrected chi connectivity index (χ3v) is 5.73. The van der Waals surface area contributed by atoms with Crippen molar-refractivity contribution in [2.45, 2.75) is 52.4 Å². The van der Waals surface area contributed by atoms with Gasteiger partial charge in [0.15, 0.2) is 5.69 Å². The number of anilines is 1. The summed E-state index contributed by atoms with van der Waals surface area (Å²) in [7, 11) is 1.31. The Morgan fingerprint density at radius 1 is 0.969 bits per heavy atom. The lowest BCUT2D eigenvalue weighted by Gasteiger charge is -2.23. The molecule has 0 saturated heterocycles. The van der Waals surface area contributed by atoms with Crippen molar-refractivity contribution in [2.75, 3.05) is 12.8 Å². The number of carbonyl (C=O) groups excluding carboxylic acids is 1. The molecule has 0 saturated carbocycles. The van der Waals surface area contributed by atoms with Crippen LogP contribution >= 0.6 is 0 Å². The van der Waals surface area contributed by atoms with Gasteiger partial charge in [-0.15, -0.1) is 0 Å². The van der Waals surface area contributed by atoms with Crippen molar-refractivity contribution >= 4 is 11.7 Å². The van der Waals surface area contributed by atoms with Gasteiger partial charge in [0.25, 0.3) is 0 Å². The Hall–Kier alpha value is -3.52. The number of esters is 1. The Kier molecular flexibility index (Phi) is 5.93. The van der Waals surface area contributed by atoms with Crippen molar-refractivity contribution in [3.63, 3.8) is 0 Å². The highest BCUT2D eigenvalue weighted by atomic mass is 16.5. The number of nitrogens with two attached hydrogens (primary N) is 1. The highest BCUT2D eigenvalue weighted by Gasteiger charge is 2.25. The van der Waals surface area contributed by atoms with E-state index in [1.54, 1.807) is 10.8 Å². The van der Waals surface area contributed by atoms with E-state index in [9.17, 15) is 10.1 Å². The van der Waals surface area contributed by atoms with Crippen LogP contribution in [0.2, 0.25) is 0 Å². The molecule has 3 aromatic rings. The van der Waals surface area contributed by atoms with Crippen LogP contribution in [0.25, 0.3) is 16.8 Å². The average molecular weight is 430 g/mol. The number of nitriles is 1. The standard InChI is InChI=1S/C27H31N3O2/c1-26(2,3)19-10-8-17(9-11-19)21-13-12-20(27(4,5)6)14-22(21)30-16-18(15-28)23(29)24(30)25(31)32-7/h8-14,16H,29H2,1-7H3. The molecule has 0 spiro atoms. The summed E-state index contributed by atoms with van der Waals surface area (Å²) in [5.74, 6) is -0.584. The molecule has 2 N–H and O–H groups in total. The normalized spacial score (nSPS) is 11.8. The van der Waals surface area contributed by atoms with Crippen LogP contribution in [0.15, 0.2) is 48.7 Å². The van der Waals surface area contributed by atoms with Crippen molar-refractivity contribution in [1.29, 1.82) is 5.26 Å². The molecule has 32 heavy (non-hydrogen) atoms. The SMILES string of the molecule is COC(=O)c1c(N)c(C#N)cn1-c1cc(C(C)(C)C)ccc1-c1ccc(C(C)(C)C)cc1. The second-order valence-electron chi connectivity index (χ2n) is 10.1. The molecule has 0 aliphatic rings. The van der Waals surface area contributed by atoms with Gasteiger partial charge in [0.2, 0.25) is 0 Å². The maximum Gasteiger partial charge on any atom is 0.357 e. The third-order valence-electron chi connectivity index (χ3n) is 5.73. The van der Waals surface area contributed by atoms with Gasteiger partial charge in [-0.25, -0.2) is 4.79 Å². The van der Waals surface area contributed by atoms with E-state index in [0.717, 1.165) is 22.4 Å². The van der Waals surface area contributed by atoms with Crippen molar-refractivity contribution in [2.24, 2.45) is 0 Å². The van der Waals surface area contributed by atoms with E-state index in [4.69, 9.17) is 10.5 Å². The van der Waals surface area contributed by atoms with Gasteiger partial charge in [0, 0.05) is 11.8 Å². The first-order chi connectivity index (χ1) is 14.9. The number of aromatic nitrogens is 1. The predicted octanol–water partition coefficient (Wildman–Crippen LogP) is 5.98. The van der Waals surface area contributed by atoms with Gasteiger partial charge in [-0.05, 0) is 33.6 Å². The van der Waals surface area contributed by atoms with Crippen LogP contribution in [0, 0.1) is 11.3 Å². The number of nitrogens with zero attached hydrogens (tertiary/aromatic N) is 2. The number of hydrogen-bond donors (Lipinski definition) is 1. The van der Waals surface area contributed by atoms with Crippen molar-refractivity contribution in [1.82, 2.24) is 4.57 Å². The molecule has 5 nitrogen and oxygen atoms in total. The fraction of sp³-hybridized carbons (Fsp3) is 0.333. The Balaban J connectivity index is 2.32. The van der Waals surface area contributed by atoms with E-state index in [1.165, 1.54) is 12.7 Å². The maximum absolute atomic E-state index is 12.6. The fourth-order valence-corrected chi connectivity index (χ4v) is 3.70. The Morgan fingerprint density at radius 2 is 1.53 bits per heavy atom. The first kappa shape index (κ1) is 23.1. The van der Waals surface area contributed by atoms with Crippen LogP contribution in [0.5, 0.6) is 0 Å². The summed E-state index contributed by atoms with van der Waals surface area (Å²) in [6, 6.07) is 16.7. The lowest BCUT2D eigenvalue weighted by atomic mass is 9.84. The van der Waals surface area contributed by atoms with Crippen LogP contribution in [-0.2, 0) is 15.6 Å². The molecule has 0 aliphatic heterocycles. The van der Waals surface area contributed by atoms with Gasteiger partial charge < -0.3 is 15.0 Å². The Labute approximate surface area is 190 Å². The summed E-state index contributed by atoms with van der Waals surface area (Å²) in [4.78, 5) is 12.6. The molecule has 166 valence electrons. The lowest BCUT2D eigenvalue weighted by molar-refractivity contribution is 0.0593. The first-order valence-corrected chi connectivity index (χ1v) is 10.6. The summed E-state index contributed by atoms with van der Waals surface area (Å²) in [6.07, 6.45) is 1.61. The molecule has 2 aromatic carbocycles. The van der Waals surface area contributed by atoms with Crippen molar-refractivity contribution in [3.8, 4) is 22.9 Å². The van der Waals surface area contributed by atoms with Crippen LogP contribution in [0.1, 0.15) is 68.7 Å². The Bertz CT molecular complexity index is 1200. The third kappa shape index (κ3) is 4.27. The predicted molar refractivity (Wildman–Crippen MR) is 129 cm³/mol. The summed E-state index contributed by atoms with van der Waals surface area (Å²) >= 11 is 0. The molecule has 0 radical (unpaired) electrons. The lowest BCUT2D eigenvalue weighted by Crippen LogP contribution is -2.15. The monoisotopic (exact) mass is 429 g/mol. The zero-order valence-electron chi connectivity index (χ0n) is 19.9. The molecule has 0 unspecified atom stereocenters. The smallest absolute Gasteiger partial charge is 0.357 e. The minimum atomic E-state index is -0.584. The highest BCUT2D eigenvalue weighted by Crippen LogP contribution is 2.36. The van der Waals surface area contributed by atoms with Crippen LogP contribution in [0.4, 0.5) is 5.69 Å². The molecule has 3 rings (SSSR count). The largest absolute Gasteiger partial charge is 0.464 e. The van der Waals surface area contributed by atoms with E-state index in [2.05, 4.69) is 90.1 Å². The fourth-order valence-electron chi connectivity index (χ4n) is 3.70. The number of ether oxygens (including phenoxy) is 1. The number of carbonyl (C=O) groups is 1. The van der Waals surface area contributed by atoms with E-state index < -0.39 is 5.97 Å². The van der Waals surface area contributed by atoms with E-state index >= 15 is 0 Å². The summed E-state index contributed by atoms with van der Waals surface area (Å²) < 4.78 is 6.67. The van der Waals surface area contributed by atoms with Crippen LogP contribution < -0.4 is 5.73 Å². The number of nitrogen functional groups attached to an aromatic ring is 1. The second-order valence-corrected chi connectivity index (χ2v) is 10.1. The van der Waals surface area contributed by atoms with Gasteiger partial charge in [-0.2, -0.15) is 5.26 Å². The average Bonchev–Trinajstić information content (AvgIpc) is 3.07. The van der Waals surface area contributed by atoms with E-state index in [0.29, 0.717) is 0 Å². The Morgan fingerprint density at radius 3 is 2.03 bits per heavy atom. The quantitative estimate of drug-likeness (QED) is 0.519. The van der Waals surface area contributed by atoms with Gasteiger partial charge in [0.05, 0.1) is 24.0 Å². The van der Waals surface area contributed by atoms with Gasteiger partial charge in [-0.1, -0.05) is 77.9 Å². The molecule has 0 amide bonds. The van der Waals surface area contributed by atoms with Gasteiger partial charge in [-0.3, -0.25) is 0 Å². The van der Waals surface area contributed by atoms with Crippen molar-refractivity contribution in [3.05, 3.63) is 71.0 Å². The number of benzene rings is 2. The molecule has 1 aromatic heterocycles. The molecule has 0 fully saturated rings. The minimum absolute atomic E-state index is 0.0477. The molecule has 1 heterocycles. The van der Waals surface area contributed by atoms with E-state index in [-0.39, 0.29) is 27.8 Å². The second kappa shape index (κ2) is 8.20. The number of methoxy groups -OCH3 is 1. The van der Waals surface area contributed by atoms with Gasteiger partial charge >= 0.3 is 5.97 Å². The first-order valence-electron chi connectivity index (χ1n) is 10.6. The molecule has 5 heteroatoms. The minimum Gasteiger partial charge on any atom is -0.464 e. The maximum atomic E-state index is 12.6. The summed E-state index contributed by atoms with van der Waals surface area (Å²) in [6.45, 7) is 12.9. The molecule has 0 atom stereocenters. The molecular weight excluding hydrogens is 398 g/mol. The summed E-state index contributed by atoms with van der Waals surface area (Å²) in [5.41, 5.74) is 11.7. The summed E-state index contributed by atoms with van der Waals surface area (Å²) in [5, 5.41) is 9.54. The zero-order valence-corrected chi connectivity index (χ0v) is 19.9. The topological polar surface area (TPSA) is 81.0 Å². The molecule has 0 bridgehead atoms. The molecular formula is C27H31N3O2. The molecule has 0 aliphatic carbocycles. The van der Waals surface area contributed by atoms with Crippen LogP contribution in [-0.4, -0.2) is 17.6 Å². The highest BCUT2D eigenvalue weighted by molar-refractivity contribution is 5.96. The number of hydrogen-bond acceptors (Lipinski definition) is 4.